The number of hydrazine groups is 2. The Morgan fingerprint density at radius 3 is 1.73 bits per heavy atom. The number of nitrogens with one attached hydrogen (secondary N) is 2. The van der Waals surface area contributed by atoms with E-state index in [1.54, 1.807) is 0 Å². The van der Waals surface area contributed by atoms with Crippen molar-refractivity contribution in [2.24, 2.45) is 11.7 Å². The van der Waals surface area contributed by atoms with Crippen molar-refractivity contribution in [1.29, 1.82) is 0 Å². The monoisotopic (exact) mass is 214 g/mol. The lowest BCUT2D eigenvalue weighted by Crippen LogP contribution is -2.31. The van der Waals surface area contributed by atoms with Gasteiger partial charge >= 0.3 is 0 Å². The van der Waals surface area contributed by atoms with Crippen LogP contribution in [0.15, 0.2) is 0 Å². The molecule has 0 radical (unpaired) electrons. The number of nitrogens with two attached hydrogens (primary N) is 2. The van der Waals surface area contributed by atoms with Gasteiger partial charge in [-0.2, -0.15) is 0 Å². The molecule has 0 saturated carbocycles. The van der Waals surface area contributed by atoms with E-state index in [2.05, 4.69) is 43.7 Å². The summed E-state index contributed by atoms with van der Waals surface area (Å²) in [6.45, 7) is 0. The third-order valence-electron chi connectivity index (χ3n) is 0.455. The van der Waals surface area contributed by atoms with Crippen LogP contribution in [0.2, 0.25) is 0 Å². The van der Waals surface area contributed by atoms with Gasteiger partial charge in [0.15, 0.2) is 0 Å². The average molecular weight is 214 g/mol. The summed E-state index contributed by atoms with van der Waals surface area (Å²) < 4.78 is 9.14. The first kappa shape index (κ1) is 10.7. The van der Waals surface area contributed by atoms with E-state index < -0.39 is 0 Å². The molecular weight excluding hydrogens is 208 g/mol. The summed E-state index contributed by atoms with van der Waals surface area (Å²) in [5, 5.41) is -0.0374. The van der Waals surface area contributed by atoms with E-state index in [9.17, 15) is 0 Å². The molecule has 0 bridgehead atoms. The first-order valence-corrected chi connectivity index (χ1v) is 3.71. The second-order valence-electron chi connectivity index (χ2n) is 1.10. The lowest BCUT2D eigenvalue weighted by atomic mass is 11.3. The molecule has 0 aromatic rings. The van der Waals surface area contributed by atoms with Crippen molar-refractivity contribution in [3.05, 3.63) is 0 Å². The fraction of sp³-hybridized carbons (Fsp3) is 0. The Kier molecular flexibility index (Phi) is 6.16. The molecule has 11 heavy (non-hydrogen) atoms. The molecule has 6 nitrogen and oxygen atoms in total. The molecular formula is C2H6N4O2S3. The van der Waals surface area contributed by atoms with Crippen molar-refractivity contribution in [2.45, 2.75) is 0 Å². The van der Waals surface area contributed by atoms with Crippen molar-refractivity contribution >= 4 is 47.1 Å². The van der Waals surface area contributed by atoms with Gasteiger partial charge in [-0.15, -0.1) is 0 Å². The SMILES string of the molecule is NNC(=S)OSOC(=S)NN. The Bertz CT molecular complexity index is 136. The molecule has 0 amide bonds. The van der Waals surface area contributed by atoms with Crippen LogP contribution in [-0.4, -0.2) is 10.3 Å². The van der Waals surface area contributed by atoms with Gasteiger partial charge in [-0.05, 0) is 24.4 Å². The normalized spacial score (nSPS) is 8.18. The molecule has 0 atom stereocenters. The van der Waals surface area contributed by atoms with Gasteiger partial charge in [0.1, 0.15) is 0 Å². The van der Waals surface area contributed by atoms with Gasteiger partial charge in [0.25, 0.3) is 22.7 Å². The number of hydrogen-bond acceptors (Lipinski definition) is 7. The molecule has 0 fully saturated rings. The fourth-order valence-corrected chi connectivity index (χ4v) is 0.547. The van der Waals surface area contributed by atoms with Gasteiger partial charge in [0.05, 0.1) is 0 Å². The number of thiocarbonyl (C=S) groups is 2. The molecule has 0 saturated heterocycles. The van der Waals surface area contributed by atoms with Gasteiger partial charge in [-0.3, -0.25) is 10.9 Å². The Labute approximate surface area is 78.3 Å². The highest BCUT2D eigenvalue weighted by atomic mass is 32.2. The Morgan fingerprint density at radius 2 is 1.45 bits per heavy atom. The smallest absolute Gasteiger partial charge is 0.298 e. The van der Waals surface area contributed by atoms with E-state index in [0.29, 0.717) is 12.3 Å². The molecule has 0 aromatic heterocycles. The summed E-state index contributed by atoms with van der Waals surface area (Å²) >= 11 is 9.53. The molecule has 6 N–H and O–H groups in total. The lowest BCUT2D eigenvalue weighted by molar-refractivity contribution is 0.517. The number of hydrogen-bond donors (Lipinski definition) is 4. The Balaban J connectivity index is 3.27. The van der Waals surface area contributed by atoms with Crippen LogP contribution in [0.1, 0.15) is 0 Å². The van der Waals surface area contributed by atoms with Crippen LogP contribution in [-0.2, 0) is 8.37 Å². The molecule has 0 rings (SSSR count). The summed E-state index contributed by atoms with van der Waals surface area (Å²) in [6.07, 6.45) is 0. The average Bonchev–Trinajstić information content (AvgIpc) is 2.04. The topological polar surface area (TPSA) is 94.6 Å². The van der Waals surface area contributed by atoms with E-state index in [1.807, 2.05) is 0 Å². The quantitative estimate of drug-likeness (QED) is 0.201. The van der Waals surface area contributed by atoms with E-state index in [0.717, 1.165) is 0 Å². The molecule has 9 heteroatoms. The van der Waals surface area contributed by atoms with Crippen molar-refractivity contribution in [3.8, 4) is 0 Å². The summed E-state index contributed by atoms with van der Waals surface area (Å²) in [7, 11) is 0. The number of rotatable bonds is 2. The zero-order chi connectivity index (χ0) is 8.69. The summed E-state index contributed by atoms with van der Waals surface area (Å²) in [5.74, 6) is 9.73. The first-order chi connectivity index (χ1) is 5.20. The molecule has 0 aromatic carbocycles. The van der Waals surface area contributed by atoms with Crippen molar-refractivity contribution in [3.63, 3.8) is 0 Å². The maximum Gasteiger partial charge on any atom is 0.298 e. The fourth-order valence-electron chi connectivity index (χ4n) is 0.127. The molecule has 0 spiro atoms. The van der Waals surface area contributed by atoms with Crippen LogP contribution in [0, 0.1) is 0 Å². The molecule has 0 aliphatic rings. The molecule has 0 unspecified atom stereocenters. The Hall–Kier alpha value is -0.350. The summed E-state index contributed by atoms with van der Waals surface area (Å²) in [6, 6.07) is 0. The lowest BCUT2D eigenvalue weighted by Gasteiger charge is -2.03. The third kappa shape index (κ3) is 6.06. The zero-order valence-corrected chi connectivity index (χ0v) is 7.65. The second-order valence-corrected chi connectivity index (χ2v) is 2.31. The molecule has 64 valence electrons. The maximum atomic E-state index is 4.86. The van der Waals surface area contributed by atoms with Crippen molar-refractivity contribution in [1.82, 2.24) is 10.9 Å². The van der Waals surface area contributed by atoms with E-state index in [1.165, 1.54) is 0 Å². The minimum atomic E-state index is -0.0187. The highest BCUT2D eigenvalue weighted by molar-refractivity contribution is 7.93. The minimum absolute atomic E-state index is 0.0187. The molecule has 0 heterocycles. The van der Waals surface area contributed by atoms with Crippen LogP contribution < -0.4 is 22.5 Å². The second kappa shape index (κ2) is 6.37. The van der Waals surface area contributed by atoms with E-state index in [4.69, 9.17) is 11.7 Å². The highest BCUT2D eigenvalue weighted by Gasteiger charge is 1.98. The molecule has 0 aliphatic heterocycles. The van der Waals surface area contributed by atoms with Crippen LogP contribution in [0.25, 0.3) is 0 Å². The minimum Gasteiger partial charge on any atom is -0.360 e. The standard InChI is InChI=1S/C2H6N4O2S3/c3-5-1(9)7-11-8-2(10)6-4/h3-4H2,(H,5,9)(H,6,10). The van der Waals surface area contributed by atoms with Crippen LogP contribution >= 0.6 is 36.8 Å². The van der Waals surface area contributed by atoms with Crippen LogP contribution in [0.5, 0.6) is 0 Å². The van der Waals surface area contributed by atoms with Crippen LogP contribution in [0.3, 0.4) is 0 Å². The molecule has 0 aliphatic carbocycles. The van der Waals surface area contributed by atoms with E-state index >= 15 is 0 Å². The third-order valence-corrected chi connectivity index (χ3v) is 1.54. The van der Waals surface area contributed by atoms with Gasteiger partial charge in [0, 0.05) is 0 Å². The zero-order valence-electron chi connectivity index (χ0n) is 5.20. The summed E-state index contributed by atoms with van der Waals surface area (Å²) in [4.78, 5) is 0. The Morgan fingerprint density at radius 1 is 1.09 bits per heavy atom. The van der Waals surface area contributed by atoms with Gasteiger partial charge in [-0.1, -0.05) is 0 Å². The van der Waals surface area contributed by atoms with Gasteiger partial charge in [-0.25, -0.2) is 11.7 Å². The van der Waals surface area contributed by atoms with Gasteiger partial charge < -0.3 is 8.37 Å². The summed E-state index contributed by atoms with van der Waals surface area (Å²) in [5.41, 5.74) is 4.14. The predicted octanol–water partition coefficient (Wildman–Crippen LogP) is -0.921. The maximum absolute atomic E-state index is 4.86. The van der Waals surface area contributed by atoms with Gasteiger partial charge in [0.2, 0.25) is 0 Å². The van der Waals surface area contributed by atoms with Crippen molar-refractivity contribution < 1.29 is 8.37 Å². The predicted molar refractivity (Wildman–Crippen MR) is 49.6 cm³/mol. The van der Waals surface area contributed by atoms with E-state index in [-0.39, 0.29) is 10.3 Å². The van der Waals surface area contributed by atoms with Crippen LogP contribution in [0.4, 0.5) is 0 Å². The first-order valence-electron chi connectivity index (χ1n) is 2.23. The van der Waals surface area contributed by atoms with Crippen molar-refractivity contribution in [2.75, 3.05) is 0 Å². The highest BCUT2D eigenvalue weighted by Crippen LogP contribution is 2.03. The largest absolute Gasteiger partial charge is 0.360 e.